The van der Waals surface area contributed by atoms with Gasteiger partial charge in [0, 0.05) is 11.3 Å². The van der Waals surface area contributed by atoms with Crippen molar-refractivity contribution in [2.75, 3.05) is 4.72 Å². The second-order valence-electron chi connectivity index (χ2n) is 8.19. The second kappa shape index (κ2) is 8.96. The van der Waals surface area contributed by atoms with Crippen molar-refractivity contribution in [3.8, 4) is 0 Å². The van der Waals surface area contributed by atoms with E-state index in [2.05, 4.69) is 22.2 Å². The maximum absolute atomic E-state index is 12.9. The SMILES string of the molecule is Cc1ccc(NS(=O)(=O)c2cc(C(=O)N[C@H](C)c3ccc4c(c3)CCC4)ccc2Cl)cc1. The Bertz CT molecular complexity index is 1270. The summed E-state index contributed by atoms with van der Waals surface area (Å²) in [5.74, 6) is -0.360. The number of amides is 1. The number of aryl methyl sites for hydroxylation is 3. The summed E-state index contributed by atoms with van der Waals surface area (Å²) in [6.07, 6.45) is 3.34. The molecule has 32 heavy (non-hydrogen) atoms. The highest BCUT2D eigenvalue weighted by molar-refractivity contribution is 7.92. The number of carbonyl (C=O) groups excluding carboxylic acids is 1. The number of halogens is 1. The molecular formula is C25H25ClN2O3S. The van der Waals surface area contributed by atoms with Crippen LogP contribution in [-0.4, -0.2) is 14.3 Å². The van der Waals surface area contributed by atoms with E-state index in [1.54, 1.807) is 12.1 Å². The topological polar surface area (TPSA) is 75.3 Å². The summed E-state index contributed by atoms with van der Waals surface area (Å²) in [5, 5.41) is 3.01. The molecule has 0 unspecified atom stereocenters. The van der Waals surface area contributed by atoms with Gasteiger partial charge in [-0.2, -0.15) is 0 Å². The van der Waals surface area contributed by atoms with E-state index in [4.69, 9.17) is 11.6 Å². The Balaban J connectivity index is 1.53. The molecule has 2 N–H and O–H groups in total. The average Bonchev–Trinajstić information content (AvgIpc) is 3.23. The van der Waals surface area contributed by atoms with Crippen molar-refractivity contribution in [3.05, 3.63) is 93.5 Å². The van der Waals surface area contributed by atoms with Gasteiger partial charge in [0.05, 0.1) is 11.1 Å². The normalized spacial score (nSPS) is 14.0. The lowest BCUT2D eigenvalue weighted by molar-refractivity contribution is 0.0939. The Hall–Kier alpha value is -2.83. The molecule has 3 aromatic carbocycles. The van der Waals surface area contributed by atoms with Crippen LogP contribution >= 0.6 is 11.6 Å². The number of fused-ring (bicyclic) bond motifs is 1. The highest BCUT2D eigenvalue weighted by Crippen LogP contribution is 2.27. The molecular weight excluding hydrogens is 444 g/mol. The Kier molecular flexibility index (Phi) is 6.26. The number of benzene rings is 3. The lowest BCUT2D eigenvalue weighted by atomic mass is 10.0. The van der Waals surface area contributed by atoms with Crippen LogP contribution in [0.2, 0.25) is 5.02 Å². The van der Waals surface area contributed by atoms with E-state index >= 15 is 0 Å². The molecule has 0 fully saturated rings. The molecule has 3 aromatic rings. The van der Waals surface area contributed by atoms with Gasteiger partial charge in [-0.1, -0.05) is 47.5 Å². The van der Waals surface area contributed by atoms with Crippen molar-refractivity contribution in [1.29, 1.82) is 0 Å². The minimum Gasteiger partial charge on any atom is -0.346 e. The smallest absolute Gasteiger partial charge is 0.263 e. The van der Waals surface area contributed by atoms with E-state index < -0.39 is 10.0 Å². The molecule has 0 saturated heterocycles. The van der Waals surface area contributed by atoms with Crippen LogP contribution in [0.25, 0.3) is 0 Å². The highest BCUT2D eigenvalue weighted by Gasteiger charge is 2.22. The fourth-order valence-electron chi connectivity index (χ4n) is 3.91. The zero-order valence-electron chi connectivity index (χ0n) is 18.0. The molecule has 7 heteroatoms. The van der Waals surface area contributed by atoms with Crippen LogP contribution in [0.15, 0.2) is 65.6 Å². The van der Waals surface area contributed by atoms with E-state index in [0.29, 0.717) is 5.69 Å². The molecule has 0 radical (unpaired) electrons. The van der Waals surface area contributed by atoms with Crippen LogP contribution in [0, 0.1) is 6.92 Å². The van der Waals surface area contributed by atoms with Gasteiger partial charge in [0.1, 0.15) is 4.90 Å². The monoisotopic (exact) mass is 468 g/mol. The van der Waals surface area contributed by atoms with Crippen molar-refractivity contribution >= 4 is 33.2 Å². The molecule has 4 rings (SSSR count). The zero-order valence-corrected chi connectivity index (χ0v) is 19.6. The van der Waals surface area contributed by atoms with Crippen molar-refractivity contribution in [1.82, 2.24) is 5.32 Å². The molecule has 0 heterocycles. The molecule has 0 spiro atoms. The van der Waals surface area contributed by atoms with Gasteiger partial charge in [-0.25, -0.2) is 8.42 Å². The van der Waals surface area contributed by atoms with Gasteiger partial charge in [-0.3, -0.25) is 9.52 Å². The van der Waals surface area contributed by atoms with Crippen LogP contribution in [0.4, 0.5) is 5.69 Å². The van der Waals surface area contributed by atoms with Crippen molar-refractivity contribution < 1.29 is 13.2 Å². The van der Waals surface area contributed by atoms with Crippen molar-refractivity contribution in [2.24, 2.45) is 0 Å². The summed E-state index contributed by atoms with van der Waals surface area (Å²) < 4.78 is 28.3. The number of sulfonamides is 1. The molecule has 166 valence electrons. The molecule has 1 atom stereocenters. The maximum atomic E-state index is 12.9. The standard InChI is InChI=1S/C25H25ClN2O3S/c1-16-6-11-22(12-7-16)28-32(30,31)24-15-21(10-13-23(24)26)25(29)27-17(2)19-9-8-18-4-3-5-20(18)14-19/h6-15,17,28H,3-5H2,1-2H3,(H,27,29)/t17-/m1/s1. The average molecular weight is 469 g/mol. The van der Waals surface area contributed by atoms with Gasteiger partial charge in [-0.15, -0.1) is 0 Å². The summed E-state index contributed by atoms with van der Waals surface area (Å²) in [6.45, 7) is 3.84. The second-order valence-corrected chi connectivity index (χ2v) is 10.3. The van der Waals surface area contributed by atoms with Crippen LogP contribution in [0.5, 0.6) is 0 Å². The number of nitrogens with one attached hydrogen (secondary N) is 2. The molecule has 0 aliphatic heterocycles. The number of rotatable bonds is 6. The van der Waals surface area contributed by atoms with Crippen LogP contribution < -0.4 is 10.0 Å². The van der Waals surface area contributed by atoms with Gasteiger partial charge >= 0.3 is 0 Å². The maximum Gasteiger partial charge on any atom is 0.263 e. The van der Waals surface area contributed by atoms with Gasteiger partial charge < -0.3 is 5.32 Å². The number of anilines is 1. The molecule has 1 amide bonds. The Labute approximate surface area is 193 Å². The first kappa shape index (κ1) is 22.4. The molecule has 1 aliphatic rings. The summed E-state index contributed by atoms with van der Waals surface area (Å²) in [4.78, 5) is 12.7. The predicted molar refractivity (Wildman–Crippen MR) is 128 cm³/mol. The molecule has 0 saturated carbocycles. The third kappa shape index (κ3) is 4.81. The van der Waals surface area contributed by atoms with Gasteiger partial charge in [-0.05, 0) is 80.1 Å². The number of carbonyl (C=O) groups is 1. The third-order valence-electron chi connectivity index (χ3n) is 5.76. The third-order valence-corrected chi connectivity index (χ3v) is 7.62. The van der Waals surface area contributed by atoms with Crippen LogP contribution in [0.3, 0.4) is 0 Å². The first-order chi connectivity index (χ1) is 15.2. The van der Waals surface area contributed by atoms with Crippen molar-refractivity contribution in [3.63, 3.8) is 0 Å². The molecule has 0 bridgehead atoms. The lowest BCUT2D eigenvalue weighted by Gasteiger charge is -2.16. The summed E-state index contributed by atoms with van der Waals surface area (Å²) >= 11 is 6.18. The van der Waals surface area contributed by atoms with E-state index in [-0.39, 0.29) is 27.4 Å². The van der Waals surface area contributed by atoms with E-state index in [1.165, 1.54) is 29.3 Å². The van der Waals surface area contributed by atoms with Gasteiger partial charge in [0.25, 0.3) is 15.9 Å². The number of hydrogen-bond donors (Lipinski definition) is 2. The molecule has 0 aromatic heterocycles. The Morgan fingerprint density at radius 3 is 2.44 bits per heavy atom. The predicted octanol–water partition coefficient (Wildman–Crippen LogP) is 5.43. The first-order valence-electron chi connectivity index (χ1n) is 10.5. The minimum absolute atomic E-state index is 0.0489. The Morgan fingerprint density at radius 2 is 1.69 bits per heavy atom. The minimum atomic E-state index is -3.96. The number of hydrogen-bond acceptors (Lipinski definition) is 3. The Morgan fingerprint density at radius 1 is 0.969 bits per heavy atom. The molecule has 5 nitrogen and oxygen atoms in total. The van der Waals surface area contributed by atoms with Crippen molar-refractivity contribution in [2.45, 2.75) is 44.0 Å². The van der Waals surface area contributed by atoms with Crippen LogP contribution in [0.1, 0.15) is 52.0 Å². The largest absolute Gasteiger partial charge is 0.346 e. The summed E-state index contributed by atoms with van der Waals surface area (Å²) in [7, 11) is -3.96. The lowest BCUT2D eigenvalue weighted by Crippen LogP contribution is -2.27. The van der Waals surface area contributed by atoms with E-state index in [0.717, 1.165) is 30.4 Å². The fraction of sp³-hybridized carbons (Fsp3) is 0.240. The summed E-state index contributed by atoms with van der Waals surface area (Å²) in [6, 6.07) is 17.3. The van der Waals surface area contributed by atoms with E-state index in [9.17, 15) is 13.2 Å². The first-order valence-corrected chi connectivity index (χ1v) is 12.4. The summed E-state index contributed by atoms with van der Waals surface area (Å²) in [5.41, 5.74) is 5.41. The zero-order chi connectivity index (χ0) is 22.9. The molecule has 1 aliphatic carbocycles. The van der Waals surface area contributed by atoms with Gasteiger partial charge in [0.15, 0.2) is 0 Å². The highest BCUT2D eigenvalue weighted by atomic mass is 35.5. The van der Waals surface area contributed by atoms with Gasteiger partial charge in [0.2, 0.25) is 0 Å². The fourth-order valence-corrected chi connectivity index (χ4v) is 5.49. The van der Waals surface area contributed by atoms with E-state index in [1.807, 2.05) is 32.0 Å². The quantitative estimate of drug-likeness (QED) is 0.506. The van der Waals surface area contributed by atoms with Crippen LogP contribution in [-0.2, 0) is 22.9 Å².